The fourth-order valence-corrected chi connectivity index (χ4v) is 3.43. The zero-order valence-electron chi connectivity index (χ0n) is 10.8. The molecule has 22 heavy (non-hydrogen) atoms. The third kappa shape index (κ3) is 4.41. The van der Waals surface area contributed by atoms with Gasteiger partial charge >= 0.3 is 0 Å². The Balaban J connectivity index is 2.12. The Labute approximate surface area is 160 Å². The molecule has 2 rings (SSSR count). The predicted molar refractivity (Wildman–Crippen MR) is 100 cm³/mol. The van der Waals surface area contributed by atoms with Gasteiger partial charge in [0.05, 0.1) is 10.7 Å². The van der Waals surface area contributed by atoms with E-state index in [4.69, 9.17) is 0 Å². The van der Waals surface area contributed by atoms with Gasteiger partial charge in [-0.25, -0.2) is 5.43 Å². The normalized spacial score (nSPS) is 10.9. The fourth-order valence-electron chi connectivity index (χ4n) is 1.55. The number of aromatic hydroxyl groups is 1. The van der Waals surface area contributed by atoms with Crippen LogP contribution in [0.15, 0.2) is 53.3 Å². The molecule has 0 atom stereocenters. The quantitative estimate of drug-likeness (QED) is 0.404. The largest absolute Gasteiger partial charge is 0.506 e. The van der Waals surface area contributed by atoms with Crippen LogP contribution in [0.5, 0.6) is 5.75 Å². The molecule has 0 aliphatic rings. The van der Waals surface area contributed by atoms with Gasteiger partial charge in [0.2, 0.25) is 0 Å². The molecule has 0 radical (unpaired) electrons. The van der Waals surface area contributed by atoms with E-state index in [9.17, 15) is 9.90 Å². The molecule has 0 saturated carbocycles. The molecule has 2 aromatic carbocycles. The highest BCUT2D eigenvalue weighted by Gasteiger charge is 2.08. The third-order valence-corrected chi connectivity index (χ3v) is 5.55. The van der Waals surface area contributed by atoms with E-state index in [1.54, 1.807) is 30.3 Å². The lowest BCUT2D eigenvalue weighted by atomic mass is 10.2. The maximum Gasteiger partial charge on any atom is 0.271 e. The van der Waals surface area contributed by atoms with Crippen molar-refractivity contribution in [3.63, 3.8) is 0 Å². The second-order valence-electron chi connectivity index (χ2n) is 4.15. The van der Waals surface area contributed by atoms with Gasteiger partial charge in [0.1, 0.15) is 5.75 Å². The molecule has 114 valence electrons. The molecule has 8 heteroatoms. The number of phenolic OH excluding ortho intramolecular Hbond substituents is 1. The minimum Gasteiger partial charge on any atom is -0.506 e. The van der Waals surface area contributed by atoms with Crippen molar-refractivity contribution in [2.45, 2.75) is 0 Å². The molecule has 0 bridgehead atoms. The summed E-state index contributed by atoms with van der Waals surface area (Å²) in [4.78, 5) is 12.0. The third-order valence-electron chi connectivity index (χ3n) is 2.61. The van der Waals surface area contributed by atoms with Gasteiger partial charge < -0.3 is 5.11 Å². The predicted octanol–water partition coefficient (Wildman–Crippen LogP) is 5.21. The lowest BCUT2D eigenvalue weighted by Crippen LogP contribution is -2.17. The Morgan fingerprint density at radius 3 is 2.45 bits per heavy atom. The Morgan fingerprint density at radius 1 is 1.05 bits per heavy atom. The highest BCUT2D eigenvalue weighted by Crippen LogP contribution is 2.30. The van der Waals surface area contributed by atoms with E-state index in [0.717, 1.165) is 13.4 Å². The summed E-state index contributed by atoms with van der Waals surface area (Å²) in [5.41, 5.74) is 3.35. The SMILES string of the molecule is O=C(NN=Cc1cc(Br)cc(Br)c1O)c1ccc(Br)c(Br)c1. The molecule has 0 fully saturated rings. The molecular weight excluding hydrogens is 548 g/mol. The zero-order valence-corrected chi connectivity index (χ0v) is 17.1. The number of carbonyl (C=O) groups excluding carboxylic acids is 1. The van der Waals surface area contributed by atoms with Gasteiger partial charge in [-0.2, -0.15) is 5.10 Å². The molecule has 0 spiro atoms. The number of hydrazone groups is 1. The van der Waals surface area contributed by atoms with E-state index in [1.165, 1.54) is 6.21 Å². The second kappa shape index (κ2) is 7.72. The van der Waals surface area contributed by atoms with Crippen molar-refractivity contribution < 1.29 is 9.90 Å². The van der Waals surface area contributed by atoms with Crippen molar-refractivity contribution in [3.05, 3.63) is 59.3 Å². The Bertz CT molecular complexity index is 763. The van der Waals surface area contributed by atoms with Crippen LogP contribution in [-0.4, -0.2) is 17.2 Å². The standard InChI is InChI=1S/C14H8Br4N2O2/c15-9-3-8(13(21)12(18)5-9)6-19-20-14(22)7-1-2-10(16)11(17)4-7/h1-6,21H,(H,20,22). The molecular formula is C14H8Br4N2O2. The van der Waals surface area contributed by atoms with Gasteiger partial charge in [-0.3, -0.25) is 4.79 Å². The average Bonchev–Trinajstić information content (AvgIpc) is 2.46. The van der Waals surface area contributed by atoms with Crippen LogP contribution < -0.4 is 5.43 Å². The summed E-state index contributed by atoms with van der Waals surface area (Å²) in [6.07, 6.45) is 1.37. The number of rotatable bonds is 3. The lowest BCUT2D eigenvalue weighted by molar-refractivity contribution is 0.0955. The van der Waals surface area contributed by atoms with E-state index >= 15 is 0 Å². The van der Waals surface area contributed by atoms with Crippen molar-refractivity contribution in [3.8, 4) is 5.75 Å². The molecule has 0 aliphatic heterocycles. The Hall–Kier alpha value is -0.700. The first kappa shape index (κ1) is 17.7. The van der Waals surface area contributed by atoms with Gasteiger partial charge in [0.25, 0.3) is 5.91 Å². The van der Waals surface area contributed by atoms with Crippen molar-refractivity contribution in [2.75, 3.05) is 0 Å². The van der Waals surface area contributed by atoms with E-state index in [1.807, 2.05) is 0 Å². The van der Waals surface area contributed by atoms with Crippen LogP contribution in [-0.2, 0) is 0 Å². The fraction of sp³-hybridized carbons (Fsp3) is 0. The van der Waals surface area contributed by atoms with E-state index in [-0.39, 0.29) is 11.7 Å². The number of benzene rings is 2. The maximum absolute atomic E-state index is 12.0. The zero-order chi connectivity index (χ0) is 16.3. The minimum absolute atomic E-state index is 0.0487. The van der Waals surface area contributed by atoms with E-state index < -0.39 is 0 Å². The minimum atomic E-state index is -0.349. The molecule has 2 aromatic rings. The van der Waals surface area contributed by atoms with Gasteiger partial charge in [-0.15, -0.1) is 0 Å². The van der Waals surface area contributed by atoms with Crippen LogP contribution in [0.3, 0.4) is 0 Å². The number of halogens is 4. The van der Waals surface area contributed by atoms with Crippen LogP contribution in [0.2, 0.25) is 0 Å². The first-order valence-corrected chi connectivity index (χ1v) is 9.02. The van der Waals surface area contributed by atoms with Crippen molar-refractivity contribution in [2.24, 2.45) is 5.10 Å². The molecule has 0 aromatic heterocycles. The number of hydrogen-bond acceptors (Lipinski definition) is 3. The summed E-state index contributed by atoms with van der Waals surface area (Å²) in [7, 11) is 0. The molecule has 2 N–H and O–H groups in total. The number of nitrogens with one attached hydrogen (secondary N) is 1. The smallest absolute Gasteiger partial charge is 0.271 e. The number of nitrogens with zero attached hydrogens (tertiary/aromatic N) is 1. The molecule has 0 aliphatic carbocycles. The number of phenols is 1. The highest BCUT2D eigenvalue weighted by molar-refractivity contribution is 9.13. The molecule has 0 saturated heterocycles. The Morgan fingerprint density at radius 2 is 1.77 bits per heavy atom. The van der Waals surface area contributed by atoms with Crippen LogP contribution in [0.1, 0.15) is 15.9 Å². The summed E-state index contributed by atoms with van der Waals surface area (Å²) in [6.45, 7) is 0. The molecule has 4 nitrogen and oxygen atoms in total. The topological polar surface area (TPSA) is 61.7 Å². The molecule has 1 amide bonds. The maximum atomic E-state index is 12.0. The first-order valence-electron chi connectivity index (χ1n) is 5.85. The van der Waals surface area contributed by atoms with Crippen molar-refractivity contribution in [1.29, 1.82) is 0 Å². The number of carbonyl (C=O) groups is 1. The second-order valence-corrected chi connectivity index (χ2v) is 7.63. The number of hydrogen-bond donors (Lipinski definition) is 2. The molecule has 0 heterocycles. The lowest BCUT2D eigenvalue weighted by Gasteiger charge is -2.04. The summed E-state index contributed by atoms with van der Waals surface area (Å²) in [5.74, 6) is -0.300. The summed E-state index contributed by atoms with van der Waals surface area (Å²) in [5, 5.41) is 13.7. The van der Waals surface area contributed by atoms with Gasteiger partial charge in [-0.05, 0) is 78.1 Å². The highest BCUT2D eigenvalue weighted by atomic mass is 79.9. The average molecular weight is 556 g/mol. The van der Waals surface area contributed by atoms with Gasteiger partial charge in [-0.1, -0.05) is 15.9 Å². The van der Waals surface area contributed by atoms with Crippen LogP contribution >= 0.6 is 63.7 Å². The first-order chi connectivity index (χ1) is 10.4. The van der Waals surface area contributed by atoms with E-state index in [2.05, 4.69) is 74.2 Å². The monoisotopic (exact) mass is 552 g/mol. The van der Waals surface area contributed by atoms with Crippen LogP contribution in [0.25, 0.3) is 0 Å². The molecule has 0 unspecified atom stereocenters. The van der Waals surface area contributed by atoms with Crippen molar-refractivity contribution >= 4 is 75.8 Å². The van der Waals surface area contributed by atoms with Gasteiger partial charge in [0, 0.05) is 24.5 Å². The number of amides is 1. The van der Waals surface area contributed by atoms with E-state index in [0.29, 0.717) is 15.6 Å². The summed E-state index contributed by atoms with van der Waals surface area (Å²) < 4.78 is 2.95. The van der Waals surface area contributed by atoms with Crippen LogP contribution in [0, 0.1) is 0 Å². The summed E-state index contributed by atoms with van der Waals surface area (Å²) >= 11 is 13.2. The van der Waals surface area contributed by atoms with Gasteiger partial charge in [0.15, 0.2) is 0 Å². The Kier molecular flexibility index (Phi) is 6.19. The van der Waals surface area contributed by atoms with Crippen LogP contribution in [0.4, 0.5) is 0 Å². The van der Waals surface area contributed by atoms with Crippen molar-refractivity contribution in [1.82, 2.24) is 5.43 Å². The summed E-state index contributed by atoms with van der Waals surface area (Å²) in [6, 6.07) is 8.52.